The predicted molar refractivity (Wildman–Crippen MR) is 107 cm³/mol. The molecule has 7 nitrogen and oxygen atoms in total. The van der Waals surface area contributed by atoms with E-state index in [0.29, 0.717) is 31.4 Å². The zero-order chi connectivity index (χ0) is 20.6. The SMILES string of the molecule is Cc1nnc(C2CC3(CCN(C(=O)c4ccccc4)CC3)CN2C(=O)C(C)C)o1. The molecule has 0 N–H and O–H groups in total. The molecule has 2 saturated heterocycles. The van der Waals surface area contributed by atoms with Gasteiger partial charge in [-0.25, -0.2) is 0 Å². The number of amides is 2. The van der Waals surface area contributed by atoms with Gasteiger partial charge in [-0.2, -0.15) is 0 Å². The van der Waals surface area contributed by atoms with Gasteiger partial charge in [0.05, 0.1) is 0 Å². The maximum Gasteiger partial charge on any atom is 0.253 e. The molecule has 0 radical (unpaired) electrons. The normalized spacial score (nSPS) is 21.2. The Hall–Kier alpha value is -2.70. The van der Waals surface area contributed by atoms with Crippen molar-refractivity contribution in [2.75, 3.05) is 19.6 Å². The Labute approximate surface area is 171 Å². The van der Waals surface area contributed by atoms with E-state index >= 15 is 0 Å². The minimum absolute atomic E-state index is 0.00887. The number of hydrogen-bond donors (Lipinski definition) is 0. The van der Waals surface area contributed by atoms with Crippen molar-refractivity contribution in [2.24, 2.45) is 11.3 Å². The van der Waals surface area contributed by atoms with Crippen LogP contribution < -0.4 is 0 Å². The second kappa shape index (κ2) is 7.61. The predicted octanol–water partition coefficient (Wildman–Crippen LogP) is 3.23. The van der Waals surface area contributed by atoms with Crippen molar-refractivity contribution in [1.82, 2.24) is 20.0 Å². The lowest BCUT2D eigenvalue weighted by molar-refractivity contribution is -0.136. The van der Waals surface area contributed by atoms with Crippen LogP contribution in [0.4, 0.5) is 0 Å². The molecule has 154 valence electrons. The average Bonchev–Trinajstić information content (AvgIpc) is 3.32. The Morgan fingerprint density at radius 1 is 1.14 bits per heavy atom. The fourth-order valence-electron chi connectivity index (χ4n) is 4.60. The third-order valence-electron chi connectivity index (χ3n) is 6.24. The molecule has 1 aromatic carbocycles. The van der Waals surface area contributed by atoms with Crippen LogP contribution in [0.1, 0.15) is 61.3 Å². The zero-order valence-corrected chi connectivity index (χ0v) is 17.3. The fourth-order valence-corrected chi connectivity index (χ4v) is 4.60. The molecule has 2 fully saturated rings. The first-order valence-electron chi connectivity index (χ1n) is 10.3. The summed E-state index contributed by atoms with van der Waals surface area (Å²) in [5.74, 6) is 1.15. The second-order valence-corrected chi connectivity index (χ2v) is 8.66. The molecule has 2 aliphatic heterocycles. The first kappa shape index (κ1) is 19.6. The summed E-state index contributed by atoms with van der Waals surface area (Å²) in [6, 6.07) is 9.24. The van der Waals surface area contributed by atoms with Crippen molar-refractivity contribution in [3.05, 3.63) is 47.7 Å². The molecule has 0 aliphatic carbocycles. The molecular weight excluding hydrogens is 368 g/mol. The van der Waals surface area contributed by atoms with Crippen molar-refractivity contribution in [1.29, 1.82) is 0 Å². The lowest BCUT2D eigenvalue weighted by Crippen LogP contribution is -2.45. The fraction of sp³-hybridized carbons (Fsp3) is 0.545. The third kappa shape index (κ3) is 3.78. The number of nitrogens with zero attached hydrogens (tertiary/aromatic N) is 4. The molecule has 1 atom stereocenters. The summed E-state index contributed by atoms with van der Waals surface area (Å²) in [6.45, 7) is 7.70. The highest BCUT2D eigenvalue weighted by Gasteiger charge is 2.50. The van der Waals surface area contributed by atoms with Gasteiger partial charge in [0.1, 0.15) is 6.04 Å². The average molecular weight is 396 g/mol. The van der Waals surface area contributed by atoms with Crippen LogP contribution >= 0.6 is 0 Å². The van der Waals surface area contributed by atoms with Crippen molar-refractivity contribution < 1.29 is 14.0 Å². The summed E-state index contributed by atoms with van der Waals surface area (Å²) in [4.78, 5) is 29.5. The summed E-state index contributed by atoms with van der Waals surface area (Å²) in [5.41, 5.74) is 0.719. The van der Waals surface area contributed by atoms with E-state index in [4.69, 9.17) is 4.42 Å². The molecule has 3 heterocycles. The van der Waals surface area contributed by atoms with E-state index in [2.05, 4.69) is 10.2 Å². The number of piperidine rings is 1. The number of carbonyl (C=O) groups excluding carboxylic acids is 2. The molecule has 1 unspecified atom stereocenters. The van der Waals surface area contributed by atoms with E-state index in [1.165, 1.54) is 0 Å². The van der Waals surface area contributed by atoms with E-state index in [9.17, 15) is 9.59 Å². The number of likely N-dealkylation sites (tertiary alicyclic amines) is 2. The second-order valence-electron chi connectivity index (χ2n) is 8.66. The van der Waals surface area contributed by atoms with Gasteiger partial charge in [-0.05, 0) is 36.8 Å². The smallest absolute Gasteiger partial charge is 0.253 e. The molecule has 0 bridgehead atoms. The van der Waals surface area contributed by atoms with Crippen molar-refractivity contribution in [3.63, 3.8) is 0 Å². The largest absolute Gasteiger partial charge is 0.423 e. The molecule has 2 aromatic rings. The van der Waals surface area contributed by atoms with Crippen molar-refractivity contribution in [3.8, 4) is 0 Å². The zero-order valence-electron chi connectivity index (χ0n) is 17.3. The summed E-state index contributed by atoms with van der Waals surface area (Å²) < 4.78 is 5.70. The Bertz CT molecular complexity index is 884. The van der Waals surface area contributed by atoms with Crippen molar-refractivity contribution >= 4 is 11.8 Å². The summed E-state index contributed by atoms with van der Waals surface area (Å²) in [7, 11) is 0. The number of aromatic nitrogens is 2. The van der Waals surface area contributed by atoms with Crippen LogP contribution in [0.3, 0.4) is 0 Å². The van der Waals surface area contributed by atoms with Gasteiger partial charge in [-0.3, -0.25) is 9.59 Å². The monoisotopic (exact) mass is 396 g/mol. The molecular formula is C22H28N4O3. The van der Waals surface area contributed by atoms with Crippen LogP contribution in [0.25, 0.3) is 0 Å². The van der Waals surface area contributed by atoms with Crippen LogP contribution in [-0.4, -0.2) is 51.4 Å². The maximum absolute atomic E-state index is 12.9. The van der Waals surface area contributed by atoms with Gasteiger partial charge in [0.15, 0.2) is 0 Å². The first-order valence-corrected chi connectivity index (χ1v) is 10.3. The number of benzene rings is 1. The van der Waals surface area contributed by atoms with Gasteiger partial charge < -0.3 is 14.2 Å². The molecule has 4 rings (SSSR count). The van der Waals surface area contributed by atoms with E-state index < -0.39 is 0 Å². The Morgan fingerprint density at radius 2 is 1.83 bits per heavy atom. The molecule has 1 spiro atoms. The standard InChI is InChI=1S/C22H28N4O3/c1-15(2)20(27)26-14-22(13-18(26)19-24-23-16(3)29-19)9-11-25(12-10-22)21(28)17-7-5-4-6-8-17/h4-8,15,18H,9-14H2,1-3H3. The van der Waals surface area contributed by atoms with E-state index in [-0.39, 0.29) is 29.2 Å². The van der Waals surface area contributed by atoms with E-state index in [1.807, 2.05) is 54.0 Å². The van der Waals surface area contributed by atoms with E-state index in [0.717, 1.165) is 24.8 Å². The van der Waals surface area contributed by atoms with Crippen LogP contribution in [0, 0.1) is 18.3 Å². The first-order chi connectivity index (χ1) is 13.9. The highest BCUT2D eigenvalue weighted by molar-refractivity contribution is 5.94. The van der Waals surface area contributed by atoms with Gasteiger partial charge in [-0.15, -0.1) is 10.2 Å². The number of aryl methyl sites for hydroxylation is 1. The minimum atomic E-state index is -0.178. The quantitative estimate of drug-likeness (QED) is 0.796. The van der Waals surface area contributed by atoms with Gasteiger partial charge in [0, 0.05) is 38.0 Å². The summed E-state index contributed by atoms with van der Waals surface area (Å²) in [6.07, 6.45) is 2.55. The van der Waals surface area contributed by atoms with Crippen LogP contribution in [-0.2, 0) is 4.79 Å². The van der Waals surface area contributed by atoms with Gasteiger partial charge in [0.2, 0.25) is 17.7 Å². The minimum Gasteiger partial charge on any atom is -0.423 e. The number of carbonyl (C=O) groups is 2. The molecule has 29 heavy (non-hydrogen) atoms. The lowest BCUT2D eigenvalue weighted by atomic mass is 9.76. The molecule has 0 saturated carbocycles. The highest BCUT2D eigenvalue weighted by atomic mass is 16.4. The Kier molecular flexibility index (Phi) is 5.15. The maximum atomic E-state index is 12.9. The third-order valence-corrected chi connectivity index (χ3v) is 6.24. The molecule has 1 aromatic heterocycles. The summed E-state index contributed by atoms with van der Waals surface area (Å²) in [5, 5.41) is 8.17. The van der Waals surface area contributed by atoms with Crippen LogP contribution in [0.2, 0.25) is 0 Å². The van der Waals surface area contributed by atoms with Crippen molar-refractivity contribution in [2.45, 2.75) is 46.1 Å². The summed E-state index contributed by atoms with van der Waals surface area (Å²) >= 11 is 0. The Balaban J connectivity index is 1.50. The molecule has 2 amide bonds. The van der Waals surface area contributed by atoms with E-state index in [1.54, 1.807) is 6.92 Å². The lowest BCUT2D eigenvalue weighted by Gasteiger charge is -2.39. The van der Waals surface area contributed by atoms with Crippen LogP contribution in [0.5, 0.6) is 0 Å². The topological polar surface area (TPSA) is 79.5 Å². The number of rotatable bonds is 3. The van der Waals surface area contributed by atoms with Gasteiger partial charge in [0.25, 0.3) is 5.91 Å². The number of hydrogen-bond acceptors (Lipinski definition) is 5. The van der Waals surface area contributed by atoms with Gasteiger partial charge in [-0.1, -0.05) is 32.0 Å². The van der Waals surface area contributed by atoms with Crippen LogP contribution in [0.15, 0.2) is 34.7 Å². The Morgan fingerprint density at radius 3 is 2.41 bits per heavy atom. The highest BCUT2D eigenvalue weighted by Crippen LogP contribution is 2.49. The molecule has 2 aliphatic rings. The van der Waals surface area contributed by atoms with Gasteiger partial charge >= 0.3 is 0 Å². The molecule has 7 heteroatoms.